The highest BCUT2D eigenvalue weighted by Crippen LogP contribution is 2.46. The first kappa shape index (κ1) is 7.29. The number of carbonyl (C=O) groups is 1. The summed E-state index contributed by atoms with van der Waals surface area (Å²) in [7, 11) is 0. The van der Waals surface area contributed by atoms with Gasteiger partial charge in [-0.25, -0.2) is 0 Å². The smallest absolute Gasteiger partial charge is 0.133 e. The second-order valence-corrected chi connectivity index (χ2v) is 4.37. The van der Waals surface area contributed by atoms with Crippen LogP contribution in [0.3, 0.4) is 0 Å². The molecule has 2 saturated carbocycles. The Morgan fingerprint density at radius 1 is 1.36 bits per heavy atom. The summed E-state index contributed by atoms with van der Waals surface area (Å²) in [5, 5.41) is 9.68. The molecule has 0 spiro atoms. The van der Waals surface area contributed by atoms with Gasteiger partial charge in [0.1, 0.15) is 5.78 Å². The number of hydrogen-bond acceptors (Lipinski definition) is 2. The average Bonchev–Trinajstić information content (AvgIpc) is 2.17. The van der Waals surface area contributed by atoms with Crippen LogP contribution >= 0.6 is 0 Å². The maximum absolute atomic E-state index is 11.0. The minimum Gasteiger partial charge on any atom is -0.390 e. The van der Waals surface area contributed by atoms with Gasteiger partial charge in [-0.3, -0.25) is 4.79 Å². The molecule has 11 heavy (non-hydrogen) atoms. The predicted molar refractivity (Wildman–Crippen MR) is 41.1 cm³/mol. The lowest BCUT2D eigenvalue weighted by atomic mass is 10.0. The zero-order valence-corrected chi connectivity index (χ0v) is 6.84. The molecular weight excluding hydrogens is 140 g/mol. The van der Waals surface area contributed by atoms with Gasteiger partial charge in [0.15, 0.2) is 0 Å². The quantitative estimate of drug-likeness (QED) is 0.568. The van der Waals surface area contributed by atoms with Gasteiger partial charge in [-0.2, -0.15) is 0 Å². The molecular formula is C9H14O2. The van der Waals surface area contributed by atoms with E-state index in [9.17, 15) is 9.90 Å². The molecule has 0 amide bonds. The van der Waals surface area contributed by atoms with Crippen molar-refractivity contribution in [2.24, 2.45) is 11.8 Å². The molecule has 0 bridgehead atoms. The van der Waals surface area contributed by atoms with Gasteiger partial charge in [-0.1, -0.05) is 0 Å². The predicted octanol–water partition coefficient (Wildman–Crippen LogP) is 1.13. The Bertz CT molecular complexity index is 178. The lowest BCUT2D eigenvalue weighted by Crippen LogP contribution is -2.20. The topological polar surface area (TPSA) is 37.3 Å². The minimum atomic E-state index is -0.476. The van der Waals surface area contributed by atoms with Crippen molar-refractivity contribution in [3.63, 3.8) is 0 Å². The molecule has 2 fully saturated rings. The Morgan fingerprint density at radius 3 is 2.27 bits per heavy atom. The van der Waals surface area contributed by atoms with E-state index in [-0.39, 0.29) is 0 Å². The van der Waals surface area contributed by atoms with E-state index < -0.39 is 5.60 Å². The van der Waals surface area contributed by atoms with Crippen molar-refractivity contribution in [1.29, 1.82) is 0 Å². The van der Waals surface area contributed by atoms with E-state index in [1.54, 1.807) is 0 Å². The monoisotopic (exact) mass is 154 g/mol. The van der Waals surface area contributed by atoms with Crippen molar-refractivity contribution in [2.75, 3.05) is 0 Å². The number of aliphatic hydroxyl groups is 1. The van der Waals surface area contributed by atoms with Gasteiger partial charge in [-0.15, -0.1) is 0 Å². The molecule has 2 aliphatic carbocycles. The van der Waals surface area contributed by atoms with Gasteiger partial charge in [0.05, 0.1) is 5.60 Å². The number of rotatable bonds is 0. The van der Waals surface area contributed by atoms with Gasteiger partial charge in [0.2, 0.25) is 0 Å². The summed E-state index contributed by atoms with van der Waals surface area (Å²) in [6.45, 7) is 1.88. The molecule has 2 rings (SSSR count). The van der Waals surface area contributed by atoms with Crippen LogP contribution in [-0.2, 0) is 4.79 Å². The molecule has 0 radical (unpaired) electrons. The maximum atomic E-state index is 11.0. The molecule has 0 saturated heterocycles. The van der Waals surface area contributed by atoms with Crippen molar-refractivity contribution in [3.05, 3.63) is 0 Å². The van der Waals surface area contributed by atoms with Crippen molar-refractivity contribution < 1.29 is 9.90 Å². The lowest BCUT2D eigenvalue weighted by molar-refractivity contribution is -0.118. The molecule has 0 aromatic carbocycles. The molecule has 2 aliphatic rings. The fourth-order valence-corrected chi connectivity index (χ4v) is 2.69. The molecule has 2 nitrogen and oxygen atoms in total. The zero-order chi connectivity index (χ0) is 8.06. The second kappa shape index (κ2) is 2.07. The molecule has 0 aliphatic heterocycles. The van der Waals surface area contributed by atoms with Crippen LogP contribution in [0.15, 0.2) is 0 Å². The summed E-state index contributed by atoms with van der Waals surface area (Å²) in [4.78, 5) is 11.0. The summed E-state index contributed by atoms with van der Waals surface area (Å²) in [6, 6.07) is 0. The van der Waals surface area contributed by atoms with Crippen molar-refractivity contribution in [3.8, 4) is 0 Å². The molecule has 0 heterocycles. The number of hydrogen-bond donors (Lipinski definition) is 1. The van der Waals surface area contributed by atoms with E-state index >= 15 is 0 Å². The molecule has 1 N–H and O–H groups in total. The average molecular weight is 154 g/mol. The van der Waals surface area contributed by atoms with Gasteiger partial charge in [-0.05, 0) is 31.6 Å². The third-order valence-electron chi connectivity index (χ3n) is 3.05. The summed E-state index contributed by atoms with van der Waals surface area (Å²) >= 11 is 0. The van der Waals surface area contributed by atoms with Crippen molar-refractivity contribution in [2.45, 2.75) is 38.2 Å². The first-order valence-electron chi connectivity index (χ1n) is 4.31. The number of ketones is 1. The van der Waals surface area contributed by atoms with E-state index in [1.165, 1.54) is 0 Å². The molecule has 62 valence electrons. The van der Waals surface area contributed by atoms with Gasteiger partial charge in [0, 0.05) is 12.8 Å². The summed E-state index contributed by atoms with van der Waals surface area (Å²) in [5.41, 5.74) is -0.476. The van der Waals surface area contributed by atoms with Gasteiger partial charge >= 0.3 is 0 Å². The molecule has 2 heteroatoms. The number of carbonyl (C=O) groups excluding carboxylic acids is 1. The van der Waals surface area contributed by atoms with Crippen LogP contribution in [0, 0.1) is 11.8 Å². The Kier molecular flexibility index (Phi) is 1.37. The van der Waals surface area contributed by atoms with E-state index in [0.717, 1.165) is 25.7 Å². The molecule has 0 unspecified atom stereocenters. The maximum Gasteiger partial charge on any atom is 0.133 e. The normalized spacial score (nSPS) is 49.8. The van der Waals surface area contributed by atoms with Crippen LogP contribution < -0.4 is 0 Å². The first-order valence-corrected chi connectivity index (χ1v) is 4.31. The van der Waals surface area contributed by atoms with E-state index in [4.69, 9.17) is 0 Å². The van der Waals surface area contributed by atoms with Gasteiger partial charge in [0.25, 0.3) is 0 Å². The van der Waals surface area contributed by atoms with E-state index in [0.29, 0.717) is 17.6 Å². The minimum absolute atomic E-state index is 0.399. The fraction of sp³-hybridized carbons (Fsp3) is 0.889. The SMILES string of the molecule is C[C@]1(O)C[C@H]2CC(=O)C[C@H]2C1. The van der Waals surface area contributed by atoms with Crippen LogP contribution in [0.5, 0.6) is 0 Å². The first-order chi connectivity index (χ1) is 5.07. The highest BCUT2D eigenvalue weighted by molar-refractivity contribution is 5.81. The Hall–Kier alpha value is -0.370. The molecule has 3 atom stereocenters. The Morgan fingerprint density at radius 2 is 1.82 bits per heavy atom. The van der Waals surface area contributed by atoms with Crippen LogP contribution in [0.4, 0.5) is 0 Å². The van der Waals surface area contributed by atoms with E-state index in [2.05, 4.69) is 0 Å². The molecule has 0 aromatic heterocycles. The van der Waals surface area contributed by atoms with Crippen LogP contribution in [0.2, 0.25) is 0 Å². The second-order valence-electron chi connectivity index (χ2n) is 4.37. The van der Waals surface area contributed by atoms with Crippen LogP contribution in [0.1, 0.15) is 32.6 Å². The van der Waals surface area contributed by atoms with Crippen molar-refractivity contribution >= 4 is 5.78 Å². The van der Waals surface area contributed by atoms with Crippen LogP contribution in [0.25, 0.3) is 0 Å². The highest BCUT2D eigenvalue weighted by Gasteiger charge is 2.45. The summed E-state index contributed by atoms with van der Waals surface area (Å²) in [6.07, 6.45) is 3.12. The third-order valence-corrected chi connectivity index (χ3v) is 3.05. The van der Waals surface area contributed by atoms with Crippen molar-refractivity contribution in [1.82, 2.24) is 0 Å². The highest BCUT2D eigenvalue weighted by atomic mass is 16.3. The Balaban J connectivity index is 2.09. The standard InChI is InChI=1S/C9H14O2/c1-9(11)4-6-2-8(10)3-7(6)5-9/h6-7,11H,2-5H2,1H3/t6-,7+,9+. The third kappa shape index (κ3) is 1.20. The number of fused-ring (bicyclic) bond motifs is 1. The fourth-order valence-electron chi connectivity index (χ4n) is 2.69. The number of Topliss-reactive ketones (excluding diaryl/α,β-unsaturated/α-hetero) is 1. The summed E-state index contributed by atoms with van der Waals surface area (Å²) < 4.78 is 0. The molecule has 0 aromatic rings. The van der Waals surface area contributed by atoms with Gasteiger partial charge < -0.3 is 5.11 Å². The lowest BCUT2D eigenvalue weighted by Gasteiger charge is -2.15. The van der Waals surface area contributed by atoms with E-state index in [1.807, 2.05) is 6.92 Å². The summed E-state index contributed by atoms with van der Waals surface area (Å²) in [5.74, 6) is 1.39. The van der Waals surface area contributed by atoms with Crippen LogP contribution in [-0.4, -0.2) is 16.5 Å². The Labute approximate surface area is 66.6 Å². The zero-order valence-electron chi connectivity index (χ0n) is 6.84. The largest absolute Gasteiger partial charge is 0.390 e.